The van der Waals surface area contributed by atoms with Crippen LogP contribution in [0.4, 0.5) is 0 Å². The van der Waals surface area contributed by atoms with Crippen LogP contribution in [0.1, 0.15) is 18.4 Å². The maximum absolute atomic E-state index is 4.17. The minimum absolute atomic E-state index is 0.565. The van der Waals surface area contributed by atoms with E-state index in [1.54, 1.807) is 17.3 Å². The van der Waals surface area contributed by atoms with Gasteiger partial charge in [0.1, 0.15) is 12.7 Å². The van der Waals surface area contributed by atoms with Gasteiger partial charge < -0.3 is 4.90 Å². The molecule has 5 nitrogen and oxygen atoms in total. The van der Waals surface area contributed by atoms with Crippen molar-refractivity contribution in [3.63, 3.8) is 0 Å². The number of likely N-dealkylation sites (tertiary alicyclic amines) is 2. The van der Waals surface area contributed by atoms with Crippen molar-refractivity contribution in [3.8, 4) is 5.69 Å². The van der Waals surface area contributed by atoms with E-state index in [1.165, 1.54) is 44.6 Å². The molecule has 1 unspecified atom stereocenters. The number of hydrogen-bond donors (Lipinski definition) is 0. The highest BCUT2D eigenvalue weighted by Crippen LogP contribution is 2.39. The monoisotopic (exact) mass is 297 g/mol. The van der Waals surface area contributed by atoms with E-state index in [2.05, 4.69) is 51.2 Å². The highest BCUT2D eigenvalue weighted by atomic mass is 15.3. The summed E-state index contributed by atoms with van der Waals surface area (Å²) in [5.74, 6) is 0. The van der Waals surface area contributed by atoms with Crippen LogP contribution >= 0.6 is 0 Å². The van der Waals surface area contributed by atoms with Crippen molar-refractivity contribution in [1.29, 1.82) is 0 Å². The second kappa shape index (κ2) is 5.48. The van der Waals surface area contributed by atoms with Crippen LogP contribution in [-0.2, 0) is 6.54 Å². The molecule has 0 bridgehead atoms. The van der Waals surface area contributed by atoms with Gasteiger partial charge in [-0.1, -0.05) is 12.1 Å². The molecule has 2 aliphatic heterocycles. The molecule has 0 radical (unpaired) electrons. The van der Waals surface area contributed by atoms with Gasteiger partial charge in [-0.05, 0) is 56.1 Å². The summed E-state index contributed by atoms with van der Waals surface area (Å²) >= 11 is 0. The lowest BCUT2D eigenvalue weighted by molar-refractivity contribution is 0.250. The third-order valence-electron chi connectivity index (χ3n) is 5.17. The third-order valence-corrected chi connectivity index (χ3v) is 5.17. The van der Waals surface area contributed by atoms with Crippen LogP contribution in [0.25, 0.3) is 5.69 Å². The van der Waals surface area contributed by atoms with Crippen molar-refractivity contribution in [1.82, 2.24) is 24.6 Å². The van der Waals surface area contributed by atoms with Gasteiger partial charge in [0.2, 0.25) is 0 Å². The van der Waals surface area contributed by atoms with Crippen molar-refractivity contribution in [2.75, 3.05) is 33.2 Å². The molecule has 1 aromatic heterocycles. The van der Waals surface area contributed by atoms with Gasteiger partial charge in [0.05, 0.1) is 5.69 Å². The average Bonchev–Trinajstić information content (AvgIpc) is 3.24. The van der Waals surface area contributed by atoms with E-state index < -0.39 is 0 Å². The standard InChI is InChI=1S/C17H23N5/c1-20-8-6-17(11-20)7-9-21(12-17)10-15-2-4-16(5-3-15)22-14-18-13-19-22/h2-5,13-14H,6-12H2,1H3. The maximum Gasteiger partial charge on any atom is 0.138 e. The summed E-state index contributed by atoms with van der Waals surface area (Å²) in [6.45, 7) is 6.08. The van der Waals surface area contributed by atoms with Crippen molar-refractivity contribution in [2.24, 2.45) is 5.41 Å². The Bertz CT molecular complexity index is 621. The lowest BCUT2D eigenvalue weighted by atomic mass is 9.86. The Labute approximate surface area is 131 Å². The molecular weight excluding hydrogens is 274 g/mol. The molecule has 1 spiro atoms. The van der Waals surface area contributed by atoms with Crippen LogP contribution in [0.5, 0.6) is 0 Å². The molecule has 0 N–H and O–H groups in total. The summed E-state index contributed by atoms with van der Waals surface area (Å²) in [5, 5.41) is 4.17. The smallest absolute Gasteiger partial charge is 0.138 e. The van der Waals surface area contributed by atoms with Gasteiger partial charge in [0.15, 0.2) is 0 Å². The van der Waals surface area contributed by atoms with Crippen LogP contribution in [0, 0.1) is 5.41 Å². The van der Waals surface area contributed by atoms with Gasteiger partial charge in [-0.2, -0.15) is 5.10 Å². The fraction of sp³-hybridized carbons (Fsp3) is 0.529. The minimum Gasteiger partial charge on any atom is -0.306 e. The highest BCUT2D eigenvalue weighted by molar-refractivity contribution is 5.33. The number of nitrogens with zero attached hydrogens (tertiary/aromatic N) is 5. The van der Waals surface area contributed by atoms with Crippen LogP contribution in [0.2, 0.25) is 0 Å². The van der Waals surface area contributed by atoms with Crippen molar-refractivity contribution < 1.29 is 0 Å². The average molecular weight is 297 g/mol. The molecule has 4 rings (SSSR count). The number of benzene rings is 1. The van der Waals surface area contributed by atoms with E-state index in [1.807, 2.05) is 0 Å². The summed E-state index contributed by atoms with van der Waals surface area (Å²) in [5.41, 5.74) is 3.01. The SMILES string of the molecule is CN1CCC2(CCN(Cc3ccc(-n4cncn4)cc3)C2)C1. The van der Waals surface area contributed by atoms with Gasteiger partial charge in [-0.3, -0.25) is 4.90 Å². The zero-order valence-electron chi connectivity index (χ0n) is 13.1. The number of hydrogen-bond acceptors (Lipinski definition) is 4. The Morgan fingerprint density at radius 3 is 2.59 bits per heavy atom. The Hall–Kier alpha value is -1.72. The summed E-state index contributed by atoms with van der Waals surface area (Å²) in [6.07, 6.45) is 6.02. The Morgan fingerprint density at radius 2 is 1.91 bits per heavy atom. The van der Waals surface area contributed by atoms with E-state index in [0.29, 0.717) is 5.41 Å². The predicted octanol–water partition coefficient (Wildman–Crippen LogP) is 1.79. The number of rotatable bonds is 3. The number of aromatic nitrogens is 3. The van der Waals surface area contributed by atoms with Crippen LogP contribution in [0.3, 0.4) is 0 Å². The van der Waals surface area contributed by atoms with E-state index in [4.69, 9.17) is 0 Å². The molecule has 1 atom stereocenters. The molecule has 116 valence electrons. The molecule has 0 saturated carbocycles. The molecule has 2 fully saturated rings. The molecule has 2 aromatic rings. The van der Waals surface area contributed by atoms with Gasteiger partial charge in [0.25, 0.3) is 0 Å². The first-order valence-corrected chi connectivity index (χ1v) is 8.07. The fourth-order valence-electron chi connectivity index (χ4n) is 4.01. The van der Waals surface area contributed by atoms with E-state index >= 15 is 0 Å². The molecule has 0 amide bonds. The lowest BCUT2D eigenvalue weighted by Crippen LogP contribution is -2.29. The maximum atomic E-state index is 4.17. The Kier molecular flexibility index (Phi) is 3.47. The van der Waals surface area contributed by atoms with E-state index in [-0.39, 0.29) is 0 Å². The normalized spacial score (nSPS) is 26.2. The molecule has 0 aliphatic carbocycles. The van der Waals surface area contributed by atoms with Crippen LogP contribution in [0.15, 0.2) is 36.9 Å². The summed E-state index contributed by atoms with van der Waals surface area (Å²) in [4.78, 5) is 9.09. The van der Waals surface area contributed by atoms with Gasteiger partial charge >= 0.3 is 0 Å². The zero-order valence-corrected chi connectivity index (χ0v) is 13.1. The van der Waals surface area contributed by atoms with Gasteiger partial charge in [-0.25, -0.2) is 9.67 Å². The summed E-state index contributed by atoms with van der Waals surface area (Å²) in [6, 6.07) is 8.67. The molecular formula is C17H23N5. The predicted molar refractivity (Wildman–Crippen MR) is 85.8 cm³/mol. The van der Waals surface area contributed by atoms with E-state index in [0.717, 1.165) is 12.2 Å². The van der Waals surface area contributed by atoms with E-state index in [9.17, 15) is 0 Å². The van der Waals surface area contributed by atoms with Gasteiger partial charge in [0, 0.05) is 19.6 Å². The third kappa shape index (κ3) is 2.66. The second-order valence-corrected chi connectivity index (χ2v) is 6.95. The Morgan fingerprint density at radius 1 is 1.09 bits per heavy atom. The molecule has 5 heteroatoms. The lowest BCUT2D eigenvalue weighted by Gasteiger charge is -2.24. The topological polar surface area (TPSA) is 37.2 Å². The van der Waals surface area contributed by atoms with Crippen molar-refractivity contribution in [2.45, 2.75) is 19.4 Å². The molecule has 1 aromatic carbocycles. The Balaban J connectivity index is 1.40. The largest absolute Gasteiger partial charge is 0.306 e. The quantitative estimate of drug-likeness (QED) is 0.866. The summed E-state index contributed by atoms with van der Waals surface area (Å²) < 4.78 is 1.79. The van der Waals surface area contributed by atoms with Crippen LogP contribution in [-0.4, -0.2) is 57.8 Å². The van der Waals surface area contributed by atoms with Gasteiger partial charge in [-0.15, -0.1) is 0 Å². The first-order chi connectivity index (χ1) is 10.7. The zero-order chi connectivity index (χ0) is 15.0. The summed E-state index contributed by atoms with van der Waals surface area (Å²) in [7, 11) is 2.25. The van der Waals surface area contributed by atoms with Crippen molar-refractivity contribution >= 4 is 0 Å². The molecule has 2 saturated heterocycles. The first kappa shape index (κ1) is 13.9. The second-order valence-electron chi connectivity index (χ2n) is 6.95. The molecule has 22 heavy (non-hydrogen) atoms. The minimum atomic E-state index is 0.565. The fourth-order valence-corrected chi connectivity index (χ4v) is 4.01. The molecule has 3 heterocycles. The molecule has 2 aliphatic rings. The van der Waals surface area contributed by atoms with Crippen molar-refractivity contribution in [3.05, 3.63) is 42.5 Å². The highest BCUT2D eigenvalue weighted by Gasteiger charge is 2.42. The first-order valence-electron chi connectivity index (χ1n) is 8.07. The van der Waals surface area contributed by atoms with Crippen LogP contribution < -0.4 is 0 Å².